The third-order valence-corrected chi connectivity index (χ3v) is 6.17. The molecule has 2 amide bonds. The number of aromatic nitrogens is 1. The number of carbonyl (C=O) groups excluding carboxylic acids is 3. The van der Waals surface area contributed by atoms with Gasteiger partial charge in [-0.2, -0.15) is 0 Å². The van der Waals surface area contributed by atoms with Crippen molar-refractivity contribution in [2.24, 2.45) is 0 Å². The molecule has 178 valence electrons. The number of amides is 2. The summed E-state index contributed by atoms with van der Waals surface area (Å²) >= 11 is 0. The van der Waals surface area contributed by atoms with Gasteiger partial charge in [0.05, 0.1) is 23.9 Å². The third-order valence-electron chi connectivity index (χ3n) is 6.17. The predicted molar refractivity (Wildman–Crippen MR) is 120 cm³/mol. The van der Waals surface area contributed by atoms with Crippen molar-refractivity contribution < 1.29 is 28.3 Å². The van der Waals surface area contributed by atoms with Crippen LogP contribution in [0.3, 0.4) is 0 Å². The topological polar surface area (TPSA) is 100 Å². The molecule has 1 heterocycles. The third kappa shape index (κ3) is 5.30. The van der Waals surface area contributed by atoms with Crippen molar-refractivity contribution in [3.8, 4) is 0 Å². The standard InChI is InChI=1S/C24H29F2N3O4/c1-13-12-17(6-9-19(13)26)28-23(32)20-14(2)21(29(11-10-25)15(20)3)22(31)24(33)27-16-4-7-18(30)8-5-16/h6,9,12,16,18,30H,4-5,7-8,10-11H2,1-3H3,(H,27,33)(H,28,32). The van der Waals surface area contributed by atoms with Crippen LogP contribution in [0.15, 0.2) is 18.2 Å². The number of nitrogens with one attached hydrogen (secondary N) is 2. The Hall–Kier alpha value is -3.07. The van der Waals surface area contributed by atoms with Gasteiger partial charge in [0, 0.05) is 17.4 Å². The second-order valence-electron chi connectivity index (χ2n) is 8.50. The molecule has 1 saturated carbocycles. The number of hydrogen-bond acceptors (Lipinski definition) is 4. The Balaban J connectivity index is 1.87. The van der Waals surface area contributed by atoms with Crippen LogP contribution in [0.25, 0.3) is 0 Å². The lowest BCUT2D eigenvalue weighted by Gasteiger charge is -2.26. The maximum absolute atomic E-state index is 13.5. The summed E-state index contributed by atoms with van der Waals surface area (Å²) in [6.07, 6.45) is 1.82. The van der Waals surface area contributed by atoms with E-state index < -0.39 is 36.2 Å². The molecule has 1 aliphatic carbocycles. The minimum atomic E-state index is -0.841. The fourth-order valence-electron chi connectivity index (χ4n) is 4.38. The van der Waals surface area contributed by atoms with Gasteiger partial charge in [0.2, 0.25) is 0 Å². The van der Waals surface area contributed by atoms with Crippen LogP contribution in [-0.2, 0) is 11.3 Å². The van der Waals surface area contributed by atoms with E-state index in [1.165, 1.54) is 22.8 Å². The van der Waals surface area contributed by atoms with Crippen LogP contribution in [-0.4, -0.2) is 46.1 Å². The number of benzene rings is 1. The Morgan fingerprint density at radius 3 is 2.39 bits per heavy atom. The van der Waals surface area contributed by atoms with E-state index >= 15 is 0 Å². The molecule has 3 N–H and O–H groups in total. The van der Waals surface area contributed by atoms with Gasteiger partial charge in [-0.05, 0) is 75.8 Å². The Labute approximate surface area is 191 Å². The molecule has 9 heteroatoms. The van der Waals surface area contributed by atoms with E-state index in [-0.39, 0.29) is 29.4 Å². The summed E-state index contributed by atoms with van der Waals surface area (Å²) in [4.78, 5) is 38.8. The second-order valence-corrected chi connectivity index (χ2v) is 8.50. The molecular formula is C24H29F2N3O4. The van der Waals surface area contributed by atoms with E-state index in [1.807, 2.05) is 0 Å². The molecular weight excluding hydrogens is 432 g/mol. The van der Waals surface area contributed by atoms with Crippen molar-refractivity contribution >= 4 is 23.3 Å². The SMILES string of the molecule is Cc1cc(NC(=O)c2c(C)c(C(=O)C(=O)NC3CCC(O)CC3)n(CCF)c2C)ccc1F. The van der Waals surface area contributed by atoms with E-state index in [0.29, 0.717) is 42.6 Å². The number of nitrogens with zero attached hydrogens (tertiary/aromatic N) is 1. The number of anilines is 1. The average molecular weight is 462 g/mol. The summed E-state index contributed by atoms with van der Waals surface area (Å²) in [5.41, 5.74) is 1.51. The van der Waals surface area contributed by atoms with Crippen LogP contribution >= 0.6 is 0 Å². The highest BCUT2D eigenvalue weighted by Gasteiger charge is 2.31. The highest BCUT2D eigenvalue weighted by molar-refractivity contribution is 6.43. The molecule has 0 atom stereocenters. The van der Waals surface area contributed by atoms with Crippen LogP contribution in [0.5, 0.6) is 0 Å². The Morgan fingerprint density at radius 2 is 1.79 bits per heavy atom. The number of aliphatic hydroxyl groups is 1. The van der Waals surface area contributed by atoms with Crippen molar-refractivity contribution in [1.29, 1.82) is 0 Å². The van der Waals surface area contributed by atoms with E-state index in [0.717, 1.165) is 0 Å². The lowest BCUT2D eigenvalue weighted by molar-refractivity contribution is -0.118. The number of alkyl halides is 1. The molecule has 0 spiro atoms. The number of halogens is 2. The second kappa shape index (κ2) is 10.2. The van der Waals surface area contributed by atoms with Gasteiger partial charge >= 0.3 is 0 Å². The summed E-state index contributed by atoms with van der Waals surface area (Å²) in [5.74, 6) is -2.60. The number of aliphatic hydroxyl groups excluding tert-OH is 1. The molecule has 0 unspecified atom stereocenters. The molecule has 7 nitrogen and oxygen atoms in total. The quantitative estimate of drug-likeness (QED) is 0.435. The fraction of sp³-hybridized carbons (Fsp3) is 0.458. The summed E-state index contributed by atoms with van der Waals surface area (Å²) in [6.45, 7) is 3.74. The van der Waals surface area contributed by atoms with Crippen LogP contribution in [0.4, 0.5) is 14.5 Å². The van der Waals surface area contributed by atoms with Crippen molar-refractivity contribution in [3.63, 3.8) is 0 Å². The zero-order valence-electron chi connectivity index (χ0n) is 19.0. The van der Waals surface area contributed by atoms with Crippen molar-refractivity contribution in [1.82, 2.24) is 9.88 Å². The van der Waals surface area contributed by atoms with Gasteiger partial charge in [-0.25, -0.2) is 8.78 Å². The number of rotatable bonds is 7. The average Bonchev–Trinajstić information content (AvgIpc) is 3.01. The lowest BCUT2D eigenvalue weighted by atomic mass is 9.93. The fourth-order valence-corrected chi connectivity index (χ4v) is 4.38. The van der Waals surface area contributed by atoms with Crippen molar-refractivity contribution in [2.45, 2.75) is 65.1 Å². The molecule has 0 aliphatic heterocycles. The molecule has 1 aromatic carbocycles. The number of ketones is 1. The first-order chi connectivity index (χ1) is 15.6. The first-order valence-corrected chi connectivity index (χ1v) is 11.0. The summed E-state index contributed by atoms with van der Waals surface area (Å²) < 4.78 is 28.2. The van der Waals surface area contributed by atoms with Gasteiger partial charge in [-0.1, -0.05) is 0 Å². The van der Waals surface area contributed by atoms with Gasteiger partial charge in [-0.15, -0.1) is 0 Å². The van der Waals surface area contributed by atoms with Gasteiger partial charge < -0.3 is 20.3 Å². The molecule has 3 rings (SSSR count). The Bertz CT molecular complexity index is 1070. The van der Waals surface area contributed by atoms with E-state index in [1.54, 1.807) is 20.8 Å². The summed E-state index contributed by atoms with van der Waals surface area (Å²) in [7, 11) is 0. The smallest absolute Gasteiger partial charge is 0.294 e. The van der Waals surface area contributed by atoms with E-state index in [4.69, 9.17) is 0 Å². The van der Waals surface area contributed by atoms with Crippen LogP contribution < -0.4 is 10.6 Å². The molecule has 1 aromatic heterocycles. The van der Waals surface area contributed by atoms with Gasteiger partial charge in [0.15, 0.2) is 0 Å². The molecule has 1 aliphatic rings. The number of aryl methyl sites for hydroxylation is 1. The van der Waals surface area contributed by atoms with Gasteiger partial charge in [0.25, 0.3) is 17.6 Å². The molecule has 1 fully saturated rings. The number of hydrogen-bond donors (Lipinski definition) is 3. The number of carbonyl (C=O) groups is 3. The highest BCUT2D eigenvalue weighted by Crippen LogP contribution is 2.25. The van der Waals surface area contributed by atoms with Crippen molar-refractivity contribution in [3.05, 3.63) is 52.1 Å². The van der Waals surface area contributed by atoms with Crippen molar-refractivity contribution in [2.75, 3.05) is 12.0 Å². The Morgan fingerprint density at radius 1 is 1.12 bits per heavy atom. The maximum Gasteiger partial charge on any atom is 0.294 e. The predicted octanol–water partition coefficient (Wildman–Crippen LogP) is 3.38. The molecule has 33 heavy (non-hydrogen) atoms. The van der Waals surface area contributed by atoms with Crippen LogP contribution in [0.1, 0.15) is 63.4 Å². The zero-order chi connectivity index (χ0) is 24.3. The molecule has 0 radical (unpaired) electrons. The largest absolute Gasteiger partial charge is 0.393 e. The molecule has 0 saturated heterocycles. The highest BCUT2D eigenvalue weighted by atomic mass is 19.1. The van der Waals surface area contributed by atoms with Crippen LogP contribution in [0.2, 0.25) is 0 Å². The van der Waals surface area contributed by atoms with Gasteiger partial charge in [0.1, 0.15) is 12.5 Å². The zero-order valence-corrected chi connectivity index (χ0v) is 19.0. The molecule has 2 aromatic rings. The first kappa shape index (κ1) is 24.6. The first-order valence-electron chi connectivity index (χ1n) is 11.0. The van der Waals surface area contributed by atoms with Crippen LogP contribution in [0, 0.1) is 26.6 Å². The normalized spacial score (nSPS) is 18.1. The van der Waals surface area contributed by atoms with Gasteiger partial charge in [-0.3, -0.25) is 14.4 Å². The Kier molecular flexibility index (Phi) is 7.63. The molecule has 0 bridgehead atoms. The monoisotopic (exact) mass is 461 g/mol. The summed E-state index contributed by atoms with van der Waals surface area (Å²) in [6, 6.07) is 3.92. The van der Waals surface area contributed by atoms with E-state index in [2.05, 4.69) is 10.6 Å². The minimum absolute atomic E-state index is 0.0288. The van der Waals surface area contributed by atoms with E-state index in [9.17, 15) is 28.3 Å². The lowest BCUT2D eigenvalue weighted by Crippen LogP contribution is -2.42. The minimum Gasteiger partial charge on any atom is -0.393 e. The number of Topliss-reactive ketones (excluding diaryl/α,β-unsaturated/α-hetero) is 1. The maximum atomic E-state index is 13.5. The summed E-state index contributed by atoms with van der Waals surface area (Å²) in [5, 5.41) is 15.0.